The number of nitrogens with zero attached hydrogens (tertiary/aromatic N) is 1. The molecule has 0 amide bonds. The standard InChI is InChI=1S/C25H24ClNO3/c1-2-30-24(28)13-16-9-11-17(12-10-16)25(29)21-15-23(18-5-3-6-19(26)14-18)27-22-8-4-7-20(21)22/h3,5-6,9-12,14-15,25,29H,2,4,7-8,13H2,1H3. The molecule has 0 fully saturated rings. The number of esters is 1. The second-order valence-corrected chi connectivity index (χ2v) is 7.95. The number of carbonyl (C=O) groups is 1. The Hall–Kier alpha value is -2.69. The number of pyridine rings is 1. The molecule has 154 valence electrons. The molecule has 1 heterocycles. The van der Waals surface area contributed by atoms with Crippen LogP contribution in [0.2, 0.25) is 5.02 Å². The Balaban J connectivity index is 1.65. The van der Waals surface area contributed by atoms with Crippen LogP contribution in [0.5, 0.6) is 0 Å². The number of benzene rings is 2. The van der Waals surface area contributed by atoms with Crippen LogP contribution >= 0.6 is 11.6 Å². The molecule has 30 heavy (non-hydrogen) atoms. The van der Waals surface area contributed by atoms with E-state index in [4.69, 9.17) is 21.3 Å². The number of carbonyl (C=O) groups excluding carboxylic acids is 1. The maximum Gasteiger partial charge on any atom is 0.310 e. The summed E-state index contributed by atoms with van der Waals surface area (Å²) in [5, 5.41) is 11.9. The van der Waals surface area contributed by atoms with Gasteiger partial charge in [-0.15, -0.1) is 0 Å². The number of ether oxygens (including phenoxy) is 1. The van der Waals surface area contributed by atoms with E-state index in [-0.39, 0.29) is 12.4 Å². The van der Waals surface area contributed by atoms with E-state index in [1.807, 2.05) is 54.6 Å². The van der Waals surface area contributed by atoms with Crippen LogP contribution < -0.4 is 0 Å². The van der Waals surface area contributed by atoms with Crippen LogP contribution in [-0.2, 0) is 28.8 Å². The van der Waals surface area contributed by atoms with Crippen molar-refractivity contribution in [2.45, 2.75) is 38.7 Å². The number of rotatable bonds is 6. The van der Waals surface area contributed by atoms with Gasteiger partial charge in [0.05, 0.1) is 18.7 Å². The topological polar surface area (TPSA) is 59.4 Å². The normalized spacial score (nSPS) is 13.7. The van der Waals surface area contributed by atoms with E-state index in [1.165, 1.54) is 0 Å². The second-order valence-electron chi connectivity index (χ2n) is 7.51. The molecule has 0 saturated heterocycles. The number of halogens is 1. The second kappa shape index (κ2) is 8.99. The number of hydrogen-bond acceptors (Lipinski definition) is 4. The summed E-state index contributed by atoms with van der Waals surface area (Å²) in [6.07, 6.45) is 2.36. The van der Waals surface area contributed by atoms with Crippen molar-refractivity contribution in [3.05, 3.63) is 87.6 Å². The maximum absolute atomic E-state index is 11.7. The summed E-state index contributed by atoms with van der Waals surface area (Å²) >= 11 is 6.17. The highest BCUT2D eigenvalue weighted by atomic mass is 35.5. The molecule has 1 aliphatic carbocycles. The molecule has 0 bridgehead atoms. The first-order chi connectivity index (χ1) is 14.5. The zero-order chi connectivity index (χ0) is 21.1. The molecule has 1 aliphatic rings. The third-order valence-electron chi connectivity index (χ3n) is 5.45. The van der Waals surface area contributed by atoms with Gasteiger partial charge in [0.1, 0.15) is 6.10 Å². The molecule has 0 spiro atoms. The van der Waals surface area contributed by atoms with Crippen molar-refractivity contribution >= 4 is 17.6 Å². The molecule has 5 heteroatoms. The van der Waals surface area contributed by atoms with Crippen molar-refractivity contribution in [3.8, 4) is 11.3 Å². The molecular weight excluding hydrogens is 398 g/mol. The Morgan fingerprint density at radius 3 is 2.70 bits per heavy atom. The summed E-state index contributed by atoms with van der Waals surface area (Å²) in [4.78, 5) is 16.5. The third kappa shape index (κ3) is 4.40. The van der Waals surface area contributed by atoms with Crippen LogP contribution in [0.25, 0.3) is 11.3 Å². The first kappa shape index (κ1) is 20.6. The van der Waals surface area contributed by atoms with E-state index in [0.717, 1.165) is 58.5 Å². The Kier molecular flexibility index (Phi) is 6.16. The Bertz CT molecular complexity index is 1060. The van der Waals surface area contributed by atoms with Gasteiger partial charge in [0, 0.05) is 16.3 Å². The number of aryl methyl sites for hydroxylation is 1. The monoisotopic (exact) mass is 421 g/mol. The van der Waals surface area contributed by atoms with Gasteiger partial charge in [0.25, 0.3) is 0 Å². The van der Waals surface area contributed by atoms with Gasteiger partial charge in [-0.05, 0) is 66.6 Å². The first-order valence-electron chi connectivity index (χ1n) is 10.3. The molecule has 3 aromatic rings. The van der Waals surface area contributed by atoms with Gasteiger partial charge in [0.15, 0.2) is 0 Å². The molecule has 0 radical (unpaired) electrons. The minimum absolute atomic E-state index is 0.230. The van der Waals surface area contributed by atoms with E-state index in [2.05, 4.69) is 0 Å². The van der Waals surface area contributed by atoms with Crippen molar-refractivity contribution < 1.29 is 14.6 Å². The predicted octanol–water partition coefficient (Wildman–Crippen LogP) is 5.08. The number of aliphatic hydroxyl groups is 1. The van der Waals surface area contributed by atoms with Crippen molar-refractivity contribution in [1.29, 1.82) is 0 Å². The van der Waals surface area contributed by atoms with Gasteiger partial charge in [-0.3, -0.25) is 9.78 Å². The summed E-state index contributed by atoms with van der Waals surface area (Å²) in [6.45, 7) is 2.17. The maximum atomic E-state index is 11.7. The highest BCUT2D eigenvalue weighted by Crippen LogP contribution is 2.35. The number of aliphatic hydroxyl groups excluding tert-OH is 1. The van der Waals surface area contributed by atoms with E-state index in [0.29, 0.717) is 11.6 Å². The van der Waals surface area contributed by atoms with Crippen molar-refractivity contribution in [2.24, 2.45) is 0 Å². The Morgan fingerprint density at radius 2 is 1.97 bits per heavy atom. The van der Waals surface area contributed by atoms with Crippen LogP contribution in [0.4, 0.5) is 0 Å². The van der Waals surface area contributed by atoms with Crippen LogP contribution in [0.3, 0.4) is 0 Å². The number of fused-ring (bicyclic) bond motifs is 1. The molecule has 1 atom stereocenters. The lowest BCUT2D eigenvalue weighted by Gasteiger charge is -2.18. The van der Waals surface area contributed by atoms with Gasteiger partial charge < -0.3 is 9.84 Å². The molecule has 4 rings (SSSR count). The SMILES string of the molecule is CCOC(=O)Cc1ccc(C(O)c2cc(-c3cccc(Cl)c3)nc3c2CCC3)cc1. The minimum Gasteiger partial charge on any atom is -0.466 e. The predicted molar refractivity (Wildman–Crippen MR) is 118 cm³/mol. The van der Waals surface area contributed by atoms with E-state index < -0.39 is 6.10 Å². The van der Waals surface area contributed by atoms with Crippen molar-refractivity contribution in [2.75, 3.05) is 6.61 Å². The average Bonchev–Trinajstić information content (AvgIpc) is 3.22. The highest BCUT2D eigenvalue weighted by molar-refractivity contribution is 6.30. The summed E-state index contributed by atoms with van der Waals surface area (Å²) in [6, 6.07) is 17.1. The van der Waals surface area contributed by atoms with Crippen molar-refractivity contribution in [3.63, 3.8) is 0 Å². The van der Waals surface area contributed by atoms with Crippen molar-refractivity contribution in [1.82, 2.24) is 4.98 Å². The molecule has 1 aromatic heterocycles. The fourth-order valence-electron chi connectivity index (χ4n) is 3.99. The summed E-state index contributed by atoms with van der Waals surface area (Å²) in [7, 11) is 0. The lowest BCUT2D eigenvalue weighted by Crippen LogP contribution is -2.08. The Labute approximate surface area is 181 Å². The quantitative estimate of drug-likeness (QED) is 0.564. The molecule has 1 unspecified atom stereocenters. The van der Waals surface area contributed by atoms with Gasteiger partial charge in [-0.2, -0.15) is 0 Å². The van der Waals surface area contributed by atoms with Crippen LogP contribution in [0.1, 0.15) is 47.4 Å². The first-order valence-corrected chi connectivity index (χ1v) is 10.6. The molecule has 2 aromatic carbocycles. The zero-order valence-corrected chi connectivity index (χ0v) is 17.7. The summed E-state index contributed by atoms with van der Waals surface area (Å²) in [5.41, 5.74) is 6.51. The zero-order valence-electron chi connectivity index (χ0n) is 16.9. The molecule has 0 aliphatic heterocycles. The molecule has 4 nitrogen and oxygen atoms in total. The van der Waals surface area contributed by atoms with Gasteiger partial charge in [-0.1, -0.05) is 48.0 Å². The highest BCUT2D eigenvalue weighted by Gasteiger charge is 2.23. The fraction of sp³-hybridized carbons (Fsp3) is 0.280. The van der Waals surface area contributed by atoms with E-state index in [1.54, 1.807) is 6.92 Å². The largest absolute Gasteiger partial charge is 0.466 e. The fourth-order valence-corrected chi connectivity index (χ4v) is 4.18. The van der Waals surface area contributed by atoms with Crippen LogP contribution in [-0.4, -0.2) is 22.7 Å². The summed E-state index contributed by atoms with van der Waals surface area (Å²) < 4.78 is 5.00. The van der Waals surface area contributed by atoms with Gasteiger partial charge >= 0.3 is 5.97 Å². The molecule has 0 saturated carbocycles. The molecule has 1 N–H and O–H groups in total. The summed E-state index contributed by atoms with van der Waals surface area (Å²) in [5.74, 6) is -0.246. The number of aromatic nitrogens is 1. The van der Waals surface area contributed by atoms with Crippen LogP contribution in [0, 0.1) is 0 Å². The Morgan fingerprint density at radius 1 is 1.17 bits per heavy atom. The van der Waals surface area contributed by atoms with Crippen LogP contribution in [0.15, 0.2) is 54.6 Å². The smallest absolute Gasteiger partial charge is 0.310 e. The average molecular weight is 422 g/mol. The number of hydrogen-bond donors (Lipinski definition) is 1. The van der Waals surface area contributed by atoms with Gasteiger partial charge in [-0.25, -0.2) is 0 Å². The lowest BCUT2D eigenvalue weighted by molar-refractivity contribution is -0.142. The van der Waals surface area contributed by atoms with E-state index >= 15 is 0 Å². The minimum atomic E-state index is -0.755. The lowest BCUT2D eigenvalue weighted by atomic mass is 9.94. The van der Waals surface area contributed by atoms with Gasteiger partial charge in [0.2, 0.25) is 0 Å². The third-order valence-corrected chi connectivity index (χ3v) is 5.68. The molecular formula is C25H24ClNO3. The van der Waals surface area contributed by atoms with E-state index in [9.17, 15) is 9.90 Å².